The van der Waals surface area contributed by atoms with Gasteiger partial charge in [-0.05, 0) is 12.3 Å². The summed E-state index contributed by atoms with van der Waals surface area (Å²) in [5.41, 5.74) is 6.57. The van der Waals surface area contributed by atoms with E-state index in [9.17, 15) is 4.79 Å². The maximum atomic E-state index is 10.1. The van der Waals surface area contributed by atoms with Crippen LogP contribution >= 0.6 is 0 Å². The zero-order valence-electron chi connectivity index (χ0n) is 5.98. The fourth-order valence-electron chi connectivity index (χ4n) is 0.461. The summed E-state index contributed by atoms with van der Waals surface area (Å²) in [4.78, 5) is 10.1. The molecule has 9 heavy (non-hydrogen) atoms. The van der Waals surface area contributed by atoms with Crippen molar-refractivity contribution in [3.8, 4) is 0 Å². The number of hydrogen-bond donors (Lipinski definition) is 0. The van der Waals surface area contributed by atoms with Crippen LogP contribution < -0.4 is 0 Å². The number of amides is 1. The fourth-order valence-corrected chi connectivity index (χ4v) is 0.461. The van der Waals surface area contributed by atoms with Crippen LogP contribution in [0.1, 0.15) is 26.7 Å². The molecule has 1 N–H and O–H groups in total. The van der Waals surface area contributed by atoms with Crippen LogP contribution in [0.2, 0.25) is 0 Å². The van der Waals surface area contributed by atoms with Gasteiger partial charge in [0.2, 0.25) is 0 Å². The molecule has 0 aliphatic rings. The molecular formula is C6H12NOY-. The average molecular weight is 203 g/mol. The molecule has 0 saturated heterocycles. The predicted molar refractivity (Wildman–Crippen MR) is 33.4 cm³/mol. The van der Waals surface area contributed by atoms with Crippen LogP contribution in [-0.2, 0) is 37.5 Å². The molecule has 0 aromatic carbocycles. The minimum absolute atomic E-state index is 0. The zero-order chi connectivity index (χ0) is 6.57. The predicted octanol–water partition coefficient (Wildman–Crippen LogP) is 2.00. The molecule has 0 aromatic rings. The van der Waals surface area contributed by atoms with Crippen molar-refractivity contribution in [2.45, 2.75) is 26.7 Å². The van der Waals surface area contributed by atoms with Gasteiger partial charge in [-0.15, -0.1) is 0 Å². The third-order valence-corrected chi connectivity index (χ3v) is 1.23. The van der Waals surface area contributed by atoms with Crippen molar-refractivity contribution in [2.24, 2.45) is 5.92 Å². The quantitative estimate of drug-likeness (QED) is 0.691. The Labute approximate surface area is 81.4 Å². The van der Waals surface area contributed by atoms with Gasteiger partial charge in [0.1, 0.15) is 0 Å². The molecule has 0 bridgehead atoms. The largest absolute Gasteiger partial charge is 0.668 e. The van der Waals surface area contributed by atoms with Crippen molar-refractivity contribution in [1.82, 2.24) is 0 Å². The van der Waals surface area contributed by atoms with E-state index in [0.29, 0.717) is 12.3 Å². The standard InChI is InChI=1S/C6H13NO.Y/c1-3-5(2)4-6(7)8;/h5H,3-4H2,1-2H3,(H2,7,8);/p-1/t5-;/m0./s1. The first-order chi connectivity index (χ1) is 3.66. The van der Waals surface area contributed by atoms with Gasteiger partial charge in [0.25, 0.3) is 0 Å². The zero-order valence-corrected chi connectivity index (χ0v) is 8.82. The second-order valence-corrected chi connectivity index (χ2v) is 2.14. The molecule has 1 amide bonds. The molecule has 0 aliphatic carbocycles. The Balaban J connectivity index is 0. The normalized spacial score (nSPS) is 11.8. The molecule has 51 valence electrons. The molecule has 0 spiro atoms. The molecule has 0 saturated carbocycles. The van der Waals surface area contributed by atoms with Crippen LogP contribution in [-0.4, -0.2) is 5.91 Å². The number of hydrogen-bond acceptors (Lipinski definition) is 1. The molecule has 1 atom stereocenters. The second kappa shape index (κ2) is 6.69. The van der Waals surface area contributed by atoms with Crippen molar-refractivity contribution in [1.29, 1.82) is 0 Å². The number of carbonyl (C=O) groups is 1. The van der Waals surface area contributed by atoms with Crippen LogP contribution in [0, 0.1) is 5.92 Å². The van der Waals surface area contributed by atoms with Gasteiger partial charge in [0.15, 0.2) is 0 Å². The van der Waals surface area contributed by atoms with Crippen molar-refractivity contribution >= 4 is 5.91 Å². The molecule has 0 unspecified atom stereocenters. The summed E-state index contributed by atoms with van der Waals surface area (Å²) in [7, 11) is 0. The van der Waals surface area contributed by atoms with Crippen molar-refractivity contribution in [2.75, 3.05) is 0 Å². The Morgan fingerprint density at radius 2 is 2.11 bits per heavy atom. The Bertz CT molecular complexity index is 85.1. The van der Waals surface area contributed by atoms with Gasteiger partial charge in [0, 0.05) is 38.6 Å². The van der Waals surface area contributed by atoms with Gasteiger partial charge >= 0.3 is 0 Å². The molecule has 0 aromatic heterocycles. The first-order valence-electron chi connectivity index (χ1n) is 2.91. The summed E-state index contributed by atoms with van der Waals surface area (Å²) in [6.45, 7) is 4.00. The maximum Gasteiger partial charge on any atom is 0.0490 e. The van der Waals surface area contributed by atoms with E-state index in [1.165, 1.54) is 0 Å². The Kier molecular flexibility index (Phi) is 9.12. The van der Waals surface area contributed by atoms with E-state index in [4.69, 9.17) is 5.73 Å². The smallest absolute Gasteiger partial charge is 0.0490 e. The van der Waals surface area contributed by atoms with Gasteiger partial charge in [-0.1, -0.05) is 20.3 Å². The summed E-state index contributed by atoms with van der Waals surface area (Å²) in [5, 5.41) is 0. The maximum absolute atomic E-state index is 10.1. The minimum Gasteiger partial charge on any atom is -0.668 e. The van der Waals surface area contributed by atoms with Gasteiger partial charge in [-0.3, -0.25) is 0 Å². The monoisotopic (exact) mass is 203 g/mol. The van der Waals surface area contributed by atoms with Crippen molar-refractivity contribution in [3.63, 3.8) is 0 Å². The van der Waals surface area contributed by atoms with Crippen LogP contribution in [0.3, 0.4) is 0 Å². The molecule has 3 heteroatoms. The number of rotatable bonds is 3. The Morgan fingerprint density at radius 3 is 2.22 bits per heavy atom. The molecular weight excluding hydrogens is 191 g/mol. The molecule has 0 fully saturated rings. The molecule has 1 radical (unpaired) electrons. The third kappa shape index (κ3) is 8.57. The molecule has 0 rings (SSSR count). The van der Waals surface area contributed by atoms with E-state index in [-0.39, 0.29) is 32.7 Å². The van der Waals surface area contributed by atoms with Crippen LogP contribution in [0.5, 0.6) is 0 Å². The van der Waals surface area contributed by atoms with E-state index in [1.807, 2.05) is 13.8 Å². The second-order valence-electron chi connectivity index (χ2n) is 2.14. The topological polar surface area (TPSA) is 40.9 Å². The van der Waals surface area contributed by atoms with Crippen LogP contribution in [0.15, 0.2) is 0 Å². The van der Waals surface area contributed by atoms with Gasteiger partial charge in [-0.2, -0.15) is 0 Å². The Morgan fingerprint density at radius 1 is 1.67 bits per heavy atom. The van der Waals surface area contributed by atoms with Crippen molar-refractivity contribution in [3.05, 3.63) is 5.73 Å². The van der Waals surface area contributed by atoms with Gasteiger partial charge in [0.05, 0.1) is 0 Å². The number of carbonyl (C=O) groups excluding carboxylic acids is 1. The van der Waals surface area contributed by atoms with E-state index >= 15 is 0 Å². The minimum atomic E-state index is -0.445. The summed E-state index contributed by atoms with van der Waals surface area (Å²) in [6.07, 6.45) is 1.40. The summed E-state index contributed by atoms with van der Waals surface area (Å²) in [6, 6.07) is 0. The fraction of sp³-hybridized carbons (Fsp3) is 0.833. The molecule has 2 nitrogen and oxygen atoms in total. The molecule has 0 aliphatic heterocycles. The van der Waals surface area contributed by atoms with E-state index in [0.717, 1.165) is 6.42 Å². The van der Waals surface area contributed by atoms with Crippen LogP contribution in [0.25, 0.3) is 5.73 Å². The van der Waals surface area contributed by atoms with Crippen molar-refractivity contribution < 1.29 is 37.5 Å². The van der Waals surface area contributed by atoms with Gasteiger partial charge < -0.3 is 10.5 Å². The van der Waals surface area contributed by atoms with E-state index in [1.54, 1.807) is 0 Å². The average Bonchev–Trinajstić information content (AvgIpc) is 1.65. The third-order valence-electron chi connectivity index (χ3n) is 1.23. The first kappa shape index (κ1) is 12.3. The first-order valence-corrected chi connectivity index (χ1v) is 2.91. The summed E-state index contributed by atoms with van der Waals surface area (Å²) >= 11 is 0. The van der Waals surface area contributed by atoms with E-state index < -0.39 is 5.91 Å². The number of nitrogens with one attached hydrogen (secondary N) is 1. The summed E-state index contributed by atoms with van der Waals surface area (Å²) in [5.74, 6) is -0.0562. The SMILES string of the molecule is CC[C@H](C)CC([NH-])=O.[Y]. The van der Waals surface area contributed by atoms with E-state index in [2.05, 4.69) is 0 Å². The van der Waals surface area contributed by atoms with Gasteiger partial charge in [-0.25, -0.2) is 0 Å². The molecule has 0 heterocycles. The Hall–Kier alpha value is 0.574. The van der Waals surface area contributed by atoms with Crippen LogP contribution in [0.4, 0.5) is 0 Å². The summed E-state index contributed by atoms with van der Waals surface area (Å²) < 4.78 is 0.